The quantitative estimate of drug-likeness (QED) is 0.829. The van der Waals surface area contributed by atoms with E-state index in [9.17, 15) is 4.79 Å². The van der Waals surface area contributed by atoms with Crippen molar-refractivity contribution < 1.29 is 23.7 Å². The lowest BCUT2D eigenvalue weighted by Crippen LogP contribution is -2.39. The lowest BCUT2D eigenvalue weighted by atomic mass is 9.96. The topological polar surface area (TPSA) is 57.2 Å². The first kappa shape index (κ1) is 17.5. The highest BCUT2D eigenvalue weighted by atomic mass is 16.5. The van der Waals surface area contributed by atoms with Crippen LogP contribution in [0.5, 0.6) is 23.0 Å². The number of nitrogens with zero attached hydrogens (tertiary/aromatic N) is 1. The summed E-state index contributed by atoms with van der Waals surface area (Å²) in [5.41, 5.74) is 1.33. The molecule has 2 aromatic rings. The first-order valence-electron chi connectivity index (χ1n) is 8.96. The largest absolute Gasteiger partial charge is 0.493 e. The minimum absolute atomic E-state index is 0.0933. The maximum atomic E-state index is 13.2. The zero-order valence-corrected chi connectivity index (χ0v) is 15.8. The van der Waals surface area contributed by atoms with Gasteiger partial charge in [-0.3, -0.25) is 4.79 Å². The predicted molar refractivity (Wildman–Crippen MR) is 100 cm³/mol. The van der Waals surface area contributed by atoms with Gasteiger partial charge in [0.15, 0.2) is 11.5 Å². The molecule has 0 aliphatic carbocycles. The standard InChI is InChI=1S/C21H23NO5/c1-24-17-9-8-15(18(25-2)19(17)26-3)20(23)22-11-10-21(13-22)12-14-6-4-5-7-16(14)27-21/h4-9H,10-13H2,1-3H3. The Morgan fingerprint density at radius 3 is 2.52 bits per heavy atom. The molecule has 2 aromatic carbocycles. The third kappa shape index (κ3) is 2.85. The zero-order valence-electron chi connectivity index (χ0n) is 15.8. The molecule has 6 nitrogen and oxygen atoms in total. The average molecular weight is 369 g/mol. The first-order chi connectivity index (χ1) is 13.1. The van der Waals surface area contributed by atoms with Crippen molar-refractivity contribution in [1.82, 2.24) is 4.90 Å². The van der Waals surface area contributed by atoms with E-state index >= 15 is 0 Å². The van der Waals surface area contributed by atoms with E-state index in [4.69, 9.17) is 18.9 Å². The lowest BCUT2D eigenvalue weighted by molar-refractivity contribution is 0.0689. The summed E-state index contributed by atoms with van der Waals surface area (Å²) in [7, 11) is 4.61. The molecule has 1 spiro atoms. The number of hydrogen-bond donors (Lipinski definition) is 0. The molecule has 0 N–H and O–H groups in total. The second-order valence-corrected chi connectivity index (χ2v) is 6.93. The third-order valence-corrected chi connectivity index (χ3v) is 5.35. The van der Waals surface area contributed by atoms with E-state index in [1.54, 1.807) is 19.2 Å². The Morgan fingerprint density at radius 1 is 1.04 bits per heavy atom. The van der Waals surface area contributed by atoms with Gasteiger partial charge in [-0.25, -0.2) is 0 Å². The summed E-state index contributed by atoms with van der Waals surface area (Å²) in [5.74, 6) is 2.17. The van der Waals surface area contributed by atoms with Crippen LogP contribution in [-0.4, -0.2) is 50.8 Å². The fraction of sp³-hybridized carbons (Fsp3) is 0.381. The van der Waals surface area contributed by atoms with E-state index in [2.05, 4.69) is 6.07 Å². The molecule has 6 heteroatoms. The summed E-state index contributed by atoms with van der Waals surface area (Å²) >= 11 is 0. The summed E-state index contributed by atoms with van der Waals surface area (Å²) in [6.07, 6.45) is 1.64. The number of ether oxygens (including phenoxy) is 4. The molecule has 0 bridgehead atoms. The molecule has 2 aliphatic rings. The zero-order chi connectivity index (χ0) is 19.0. The highest BCUT2D eigenvalue weighted by Crippen LogP contribution is 2.43. The Hall–Kier alpha value is -2.89. The van der Waals surface area contributed by atoms with Gasteiger partial charge >= 0.3 is 0 Å². The van der Waals surface area contributed by atoms with E-state index in [0.717, 1.165) is 18.6 Å². The number of fused-ring (bicyclic) bond motifs is 1. The van der Waals surface area contributed by atoms with Crippen LogP contribution >= 0.6 is 0 Å². The molecule has 142 valence electrons. The van der Waals surface area contributed by atoms with Crippen LogP contribution in [0.15, 0.2) is 36.4 Å². The van der Waals surface area contributed by atoms with E-state index < -0.39 is 0 Å². The van der Waals surface area contributed by atoms with Crippen LogP contribution < -0.4 is 18.9 Å². The molecule has 1 amide bonds. The number of rotatable bonds is 4. The van der Waals surface area contributed by atoms with Crippen molar-refractivity contribution in [1.29, 1.82) is 0 Å². The Morgan fingerprint density at radius 2 is 1.81 bits per heavy atom. The summed E-state index contributed by atoms with van der Waals surface area (Å²) in [5, 5.41) is 0. The Balaban J connectivity index is 1.58. The van der Waals surface area contributed by atoms with Crippen LogP contribution in [0.2, 0.25) is 0 Å². The molecular weight excluding hydrogens is 346 g/mol. The van der Waals surface area contributed by atoms with Gasteiger partial charge in [0.25, 0.3) is 5.91 Å². The maximum absolute atomic E-state index is 13.2. The number of carbonyl (C=O) groups excluding carboxylic acids is 1. The van der Waals surface area contributed by atoms with Crippen LogP contribution in [0, 0.1) is 0 Å². The van der Waals surface area contributed by atoms with E-state index in [0.29, 0.717) is 35.9 Å². The molecular formula is C21H23NO5. The Labute approximate surface area is 158 Å². The van der Waals surface area contributed by atoms with Crippen LogP contribution in [0.1, 0.15) is 22.3 Å². The van der Waals surface area contributed by atoms with Gasteiger partial charge in [0.1, 0.15) is 11.4 Å². The van der Waals surface area contributed by atoms with Crippen molar-refractivity contribution in [2.45, 2.75) is 18.4 Å². The molecule has 2 aliphatic heterocycles. The smallest absolute Gasteiger partial charge is 0.257 e. The lowest BCUT2D eigenvalue weighted by Gasteiger charge is -2.24. The normalized spacial score (nSPS) is 20.3. The van der Waals surface area contributed by atoms with Crippen LogP contribution in [-0.2, 0) is 6.42 Å². The van der Waals surface area contributed by atoms with Crippen LogP contribution in [0.3, 0.4) is 0 Å². The molecule has 0 radical (unpaired) electrons. The highest BCUT2D eigenvalue weighted by Gasteiger charge is 2.46. The highest BCUT2D eigenvalue weighted by molar-refractivity contribution is 5.98. The number of likely N-dealkylation sites (tertiary alicyclic amines) is 1. The van der Waals surface area contributed by atoms with E-state index in [-0.39, 0.29) is 11.5 Å². The molecule has 27 heavy (non-hydrogen) atoms. The van der Waals surface area contributed by atoms with Gasteiger partial charge < -0.3 is 23.8 Å². The van der Waals surface area contributed by atoms with Crippen molar-refractivity contribution >= 4 is 5.91 Å². The maximum Gasteiger partial charge on any atom is 0.257 e. The van der Waals surface area contributed by atoms with Crippen molar-refractivity contribution in [2.24, 2.45) is 0 Å². The molecule has 4 rings (SSSR count). The van der Waals surface area contributed by atoms with Crippen LogP contribution in [0.25, 0.3) is 0 Å². The second kappa shape index (κ2) is 6.68. The van der Waals surface area contributed by atoms with Gasteiger partial charge in [-0.15, -0.1) is 0 Å². The minimum atomic E-state index is -0.330. The fourth-order valence-electron chi connectivity index (χ4n) is 4.05. The summed E-state index contributed by atoms with van der Waals surface area (Å²) < 4.78 is 22.4. The van der Waals surface area contributed by atoms with Gasteiger partial charge in [0, 0.05) is 19.4 Å². The number of methoxy groups -OCH3 is 3. The van der Waals surface area contributed by atoms with E-state index in [1.165, 1.54) is 19.8 Å². The number of benzene rings is 2. The number of para-hydroxylation sites is 1. The Kier molecular flexibility index (Phi) is 4.34. The summed E-state index contributed by atoms with van der Waals surface area (Å²) in [6, 6.07) is 11.5. The summed E-state index contributed by atoms with van der Waals surface area (Å²) in [6.45, 7) is 1.20. The molecule has 1 atom stereocenters. The second-order valence-electron chi connectivity index (χ2n) is 6.93. The average Bonchev–Trinajstić information content (AvgIpc) is 3.28. The van der Waals surface area contributed by atoms with Crippen molar-refractivity contribution in [3.63, 3.8) is 0 Å². The summed E-state index contributed by atoms with van der Waals surface area (Å²) in [4.78, 5) is 15.0. The molecule has 0 saturated carbocycles. The Bertz CT molecular complexity index is 854. The number of amides is 1. The van der Waals surface area contributed by atoms with Crippen LogP contribution in [0.4, 0.5) is 0 Å². The molecule has 1 unspecified atom stereocenters. The molecule has 0 aromatic heterocycles. The number of hydrogen-bond acceptors (Lipinski definition) is 5. The predicted octanol–water partition coefficient (Wildman–Crippen LogP) is 2.93. The molecule has 1 saturated heterocycles. The van der Waals surface area contributed by atoms with Crippen molar-refractivity contribution in [2.75, 3.05) is 34.4 Å². The van der Waals surface area contributed by atoms with Gasteiger partial charge in [-0.05, 0) is 23.8 Å². The van der Waals surface area contributed by atoms with Gasteiger partial charge in [-0.2, -0.15) is 0 Å². The number of carbonyl (C=O) groups is 1. The van der Waals surface area contributed by atoms with Crippen molar-refractivity contribution in [3.8, 4) is 23.0 Å². The third-order valence-electron chi connectivity index (χ3n) is 5.35. The molecule has 2 heterocycles. The molecule has 1 fully saturated rings. The van der Waals surface area contributed by atoms with Gasteiger partial charge in [0.2, 0.25) is 5.75 Å². The first-order valence-corrected chi connectivity index (χ1v) is 8.96. The van der Waals surface area contributed by atoms with Gasteiger partial charge in [0.05, 0.1) is 33.4 Å². The minimum Gasteiger partial charge on any atom is -0.493 e. The van der Waals surface area contributed by atoms with Crippen molar-refractivity contribution in [3.05, 3.63) is 47.5 Å². The monoisotopic (exact) mass is 369 g/mol. The van der Waals surface area contributed by atoms with E-state index in [1.807, 2.05) is 23.1 Å². The fourth-order valence-corrected chi connectivity index (χ4v) is 4.05. The van der Waals surface area contributed by atoms with Gasteiger partial charge in [-0.1, -0.05) is 18.2 Å². The SMILES string of the molecule is COc1ccc(C(=O)N2CCC3(Cc4ccccc4O3)C2)c(OC)c1OC.